The van der Waals surface area contributed by atoms with Crippen molar-refractivity contribution in [1.82, 2.24) is 5.32 Å². The zero-order valence-corrected chi connectivity index (χ0v) is 11.3. The van der Waals surface area contributed by atoms with Crippen molar-refractivity contribution < 1.29 is 9.53 Å². The number of carbonyl (C=O) groups excluding carboxylic acids is 1. The number of rotatable bonds is 8. The summed E-state index contributed by atoms with van der Waals surface area (Å²) in [5.41, 5.74) is 5.65. The van der Waals surface area contributed by atoms with E-state index in [1.807, 2.05) is 20.8 Å². The Morgan fingerprint density at radius 2 is 2.06 bits per heavy atom. The van der Waals surface area contributed by atoms with Crippen LogP contribution in [-0.4, -0.2) is 31.2 Å². The number of nitrogens with two attached hydrogens (primary N) is 1. The van der Waals surface area contributed by atoms with Crippen molar-refractivity contribution in [3.8, 4) is 0 Å². The maximum Gasteiger partial charge on any atom is 0.236 e. The molecule has 0 aromatic heterocycles. The van der Waals surface area contributed by atoms with E-state index in [0.717, 1.165) is 19.3 Å². The Morgan fingerprint density at radius 3 is 2.56 bits per heavy atom. The molecule has 98 valence electrons. The highest BCUT2D eigenvalue weighted by Gasteiger charge is 2.10. The van der Waals surface area contributed by atoms with Crippen molar-refractivity contribution in [1.29, 1.82) is 0 Å². The van der Waals surface area contributed by atoms with Gasteiger partial charge in [0.05, 0.1) is 12.1 Å². The van der Waals surface area contributed by atoms with Crippen LogP contribution < -0.4 is 11.1 Å². The number of ether oxygens (including phenoxy) is 1. The van der Waals surface area contributed by atoms with Crippen LogP contribution in [0, 0.1) is 0 Å². The molecule has 3 N–H and O–H groups in total. The average Bonchev–Trinajstić information content (AvgIpc) is 2.16. The molecule has 4 nitrogen and oxygen atoms in total. The second-order valence-electron chi connectivity index (χ2n) is 3.96. The Bertz CT molecular complexity index is 177. The Balaban J connectivity index is 0. The van der Waals surface area contributed by atoms with Gasteiger partial charge in [0, 0.05) is 13.2 Å². The van der Waals surface area contributed by atoms with E-state index in [0.29, 0.717) is 13.2 Å². The highest BCUT2D eigenvalue weighted by Crippen LogP contribution is 1.93. The van der Waals surface area contributed by atoms with Gasteiger partial charge in [-0.3, -0.25) is 4.79 Å². The molecular formula is C11H25ClN2O2. The minimum absolute atomic E-state index is 0. The second kappa shape index (κ2) is 11.2. The van der Waals surface area contributed by atoms with Crippen molar-refractivity contribution in [3.63, 3.8) is 0 Å². The van der Waals surface area contributed by atoms with Crippen molar-refractivity contribution in [3.05, 3.63) is 0 Å². The van der Waals surface area contributed by atoms with Gasteiger partial charge in [-0.05, 0) is 26.7 Å². The van der Waals surface area contributed by atoms with Gasteiger partial charge in [0.25, 0.3) is 0 Å². The van der Waals surface area contributed by atoms with E-state index in [-0.39, 0.29) is 30.5 Å². The minimum atomic E-state index is -0.360. The molecule has 0 aromatic carbocycles. The fraction of sp³-hybridized carbons (Fsp3) is 0.909. The third kappa shape index (κ3) is 10.2. The second-order valence-corrected chi connectivity index (χ2v) is 3.96. The number of hydrogen-bond donors (Lipinski definition) is 2. The number of hydrogen-bond acceptors (Lipinski definition) is 3. The lowest BCUT2D eigenvalue weighted by Crippen LogP contribution is -2.41. The molecule has 0 saturated heterocycles. The van der Waals surface area contributed by atoms with E-state index in [2.05, 4.69) is 5.32 Å². The number of nitrogens with one attached hydrogen (secondary N) is 1. The van der Waals surface area contributed by atoms with Crippen molar-refractivity contribution in [2.75, 3.05) is 13.2 Å². The van der Waals surface area contributed by atoms with E-state index in [1.54, 1.807) is 0 Å². The summed E-state index contributed by atoms with van der Waals surface area (Å²) in [6.45, 7) is 7.33. The first-order valence-corrected chi connectivity index (χ1v) is 5.72. The van der Waals surface area contributed by atoms with Crippen LogP contribution >= 0.6 is 12.4 Å². The maximum atomic E-state index is 11.4. The minimum Gasteiger partial charge on any atom is -0.379 e. The molecule has 1 unspecified atom stereocenters. The molecule has 5 heteroatoms. The largest absolute Gasteiger partial charge is 0.379 e. The quantitative estimate of drug-likeness (QED) is 0.643. The molecule has 0 heterocycles. The van der Waals surface area contributed by atoms with Gasteiger partial charge in [0.2, 0.25) is 5.91 Å². The lowest BCUT2D eigenvalue weighted by atomic mass is 10.2. The van der Waals surface area contributed by atoms with Gasteiger partial charge in [-0.25, -0.2) is 0 Å². The number of amides is 1. The van der Waals surface area contributed by atoms with Gasteiger partial charge in [-0.15, -0.1) is 12.4 Å². The molecule has 0 aliphatic heterocycles. The lowest BCUT2D eigenvalue weighted by molar-refractivity contribution is -0.122. The van der Waals surface area contributed by atoms with Crippen LogP contribution in [0.3, 0.4) is 0 Å². The molecule has 0 rings (SSSR count). The van der Waals surface area contributed by atoms with E-state index in [1.165, 1.54) is 0 Å². The predicted octanol–water partition coefficient (Wildman–Crippen LogP) is 1.47. The Labute approximate surface area is 105 Å². The highest BCUT2D eigenvalue weighted by molar-refractivity contribution is 5.85. The molecule has 0 aromatic rings. The molecule has 16 heavy (non-hydrogen) atoms. The Morgan fingerprint density at radius 1 is 1.44 bits per heavy atom. The molecule has 0 fully saturated rings. The van der Waals surface area contributed by atoms with E-state index in [9.17, 15) is 4.79 Å². The maximum absolute atomic E-state index is 11.4. The standard InChI is InChI=1S/C11H24N2O2.ClH/c1-4-6-10(12)11(14)13-7-5-8-15-9(2)3;/h9-10H,4-8,12H2,1-3H3,(H,13,14);1H. The lowest BCUT2D eigenvalue weighted by Gasteiger charge is -2.11. The van der Waals surface area contributed by atoms with E-state index < -0.39 is 0 Å². The summed E-state index contributed by atoms with van der Waals surface area (Å²) in [5.74, 6) is -0.0543. The summed E-state index contributed by atoms with van der Waals surface area (Å²) in [5, 5.41) is 2.80. The Hall–Kier alpha value is -0.320. The third-order valence-electron chi connectivity index (χ3n) is 2.01. The van der Waals surface area contributed by atoms with Crippen LogP contribution in [0.4, 0.5) is 0 Å². The van der Waals surface area contributed by atoms with Crippen LogP contribution in [0.1, 0.15) is 40.0 Å². The first-order chi connectivity index (χ1) is 7.07. The van der Waals surface area contributed by atoms with Crippen molar-refractivity contribution in [2.45, 2.75) is 52.2 Å². The molecule has 0 spiro atoms. The Kier molecular flexibility index (Phi) is 12.6. The van der Waals surface area contributed by atoms with Gasteiger partial charge in [-0.1, -0.05) is 13.3 Å². The van der Waals surface area contributed by atoms with Gasteiger partial charge in [-0.2, -0.15) is 0 Å². The van der Waals surface area contributed by atoms with Crippen LogP contribution in [0.5, 0.6) is 0 Å². The molecule has 1 atom stereocenters. The molecule has 0 bridgehead atoms. The summed E-state index contributed by atoms with van der Waals surface area (Å²) in [6.07, 6.45) is 2.77. The zero-order chi connectivity index (χ0) is 11.7. The molecule has 0 aliphatic carbocycles. The van der Waals surface area contributed by atoms with Crippen LogP contribution in [0.2, 0.25) is 0 Å². The monoisotopic (exact) mass is 252 g/mol. The topological polar surface area (TPSA) is 64.4 Å². The fourth-order valence-corrected chi connectivity index (χ4v) is 1.18. The summed E-state index contributed by atoms with van der Waals surface area (Å²) >= 11 is 0. The molecule has 0 saturated carbocycles. The van der Waals surface area contributed by atoms with Crippen LogP contribution in [-0.2, 0) is 9.53 Å². The average molecular weight is 253 g/mol. The SMILES string of the molecule is CCCC(N)C(=O)NCCCOC(C)C.Cl. The van der Waals surface area contributed by atoms with E-state index in [4.69, 9.17) is 10.5 Å². The molecular weight excluding hydrogens is 228 g/mol. The van der Waals surface area contributed by atoms with Crippen LogP contribution in [0.15, 0.2) is 0 Å². The van der Waals surface area contributed by atoms with Gasteiger partial charge < -0.3 is 15.8 Å². The fourth-order valence-electron chi connectivity index (χ4n) is 1.18. The number of halogens is 1. The zero-order valence-electron chi connectivity index (χ0n) is 10.5. The van der Waals surface area contributed by atoms with Gasteiger partial charge in [0.1, 0.15) is 0 Å². The van der Waals surface area contributed by atoms with Crippen molar-refractivity contribution in [2.24, 2.45) is 5.73 Å². The highest BCUT2D eigenvalue weighted by atomic mass is 35.5. The van der Waals surface area contributed by atoms with Crippen LogP contribution in [0.25, 0.3) is 0 Å². The molecule has 1 amide bonds. The van der Waals surface area contributed by atoms with Gasteiger partial charge in [0.15, 0.2) is 0 Å². The van der Waals surface area contributed by atoms with Gasteiger partial charge >= 0.3 is 0 Å². The van der Waals surface area contributed by atoms with E-state index >= 15 is 0 Å². The summed E-state index contributed by atoms with van der Waals surface area (Å²) in [7, 11) is 0. The molecule has 0 radical (unpaired) electrons. The molecule has 0 aliphatic rings. The van der Waals surface area contributed by atoms with Crippen molar-refractivity contribution >= 4 is 18.3 Å². The first kappa shape index (κ1) is 18.1. The third-order valence-corrected chi connectivity index (χ3v) is 2.01. The summed E-state index contributed by atoms with van der Waals surface area (Å²) < 4.78 is 5.35. The number of carbonyl (C=O) groups is 1. The summed E-state index contributed by atoms with van der Waals surface area (Å²) in [4.78, 5) is 11.4. The first-order valence-electron chi connectivity index (χ1n) is 5.72. The predicted molar refractivity (Wildman–Crippen MR) is 68.8 cm³/mol. The smallest absolute Gasteiger partial charge is 0.236 e. The normalized spacial score (nSPS) is 12.1. The summed E-state index contributed by atoms with van der Waals surface area (Å²) in [6, 6.07) is -0.360.